The second-order valence-corrected chi connectivity index (χ2v) is 10.2. The predicted octanol–water partition coefficient (Wildman–Crippen LogP) is 6.61. The van der Waals surface area contributed by atoms with E-state index < -0.39 is 17.3 Å². The first-order chi connectivity index (χ1) is 16.1. The topological polar surface area (TPSA) is 45.1 Å². The molecule has 1 aliphatic carbocycles. The summed E-state index contributed by atoms with van der Waals surface area (Å²) in [5.74, 6) is 0.736. The van der Waals surface area contributed by atoms with Gasteiger partial charge in [0.15, 0.2) is 0 Å². The van der Waals surface area contributed by atoms with Crippen LogP contribution in [0.5, 0.6) is 5.75 Å². The second-order valence-electron chi connectivity index (χ2n) is 10.2. The van der Waals surface area contributed by atoms with E-state index in [-0.39, 0.29) is 12.0 Å². The van der Waals surface area contributed by atoms with E-state index in [2.05, 4.69) is 12.1 Å². The van der Waals surface area contributed by atoms with Crippen molar-refractivity contribution in [3.8, 4) is 5.75 Å². The Morgan fingerprint density at radius 1 is 0.971 bits per heavy atom. The number of nitrogens with zero attached hydrogens (tertiary/aromatic N) is 2. The number of halogens is 3. The van der Waals surface area contributed by atoms with Crippen molar-refractivity contribution in [2.24, 2.45) is 10.5 Å². The number of hydrogen-bond acceptors (Lipinski definition) is 4. The lowest BCUT2D eigenvalue weighted by molar-refractivity contribution is -0.137. The number of anilines is 1. The minimum Gasteiger partial charge on any atom is -0.485 e. The summed E-state index contributed by atoms with van der Waals surface area (Å²) in [6.45, 7) is 4.38. The Morgan fingerprint density at radius 3 is 2.21 bits per heavy atom. The molecule has 0 atom stereocenters. The summed E-state index contributed by atoms with van der Waals surface area (Å²) < 4.78 is 44.6. The van der Waals surface area contributed by atoms with Crippen LogP contribution in [0.3, 0.4) is 0 Å². The summed E-state index contributed by atoms with van der Waals surface area (Å²) in [4.78, 5) is 0. The summed E-state index contributed by atoms with van der Waals surface area (Å²) in [7, 11) is 0. The zero-order valence-corrected chi connectivity index (χ0v) is 19.9. The fourth-order valence-electron chi connectivity index (χ4n) is 4.99. The average Bonchev–Trinajstić information content (AvgIpc) is 3.42. The van der Waals surface area contributed by atoms with Gasteiger partial charge in [-0.25, -0.2) is 0 Å². The molecular formula is C27H33F3N2O2. The molecule has 2 aliphatic rings. The van der Waals surface area contributed by atoms with Crippen LogP contribution < -0.4 is 9.75 Å². The standard InChI is InChI=1S/C27H33F3N2O2/c1-25(2,19-33)34-23-14-8-20(9-15-23)6-5-7-24-26(16-3-4-17-26)18-32(31-24)22-12-10-21(11-13-22)27(28,29)30/h8-15,33H,3-7,16-19H2,1-2H3. The number of aliphatic hydroxyl groups is 1. The van der Waals surface area contributed by atoms with Crippen LogP contribution in [0, 0.1) is 5.41 Å². The number of hydrazone groups is 1. The fraction of sp³-hybridized carbons (Fsp3) is 0.519. The molecule has 2 aromatic carbocycles. The molecule has 1 N–H and O–H groups in total. The maximum Gasteiger partial charge on any atom is 0.416 e. The molecular weight excluding hydrogens is 441 g/mol. The molecule has 184 valence electrons. The molecule has 1 saturated carbocycles. The number of benzene rings is 2. The molecule has 34 heavy (non-hydrogen) atoms. The van der Waals surface area contributed by atoms with Crippen molar-refractivity contribution in [2.45, 2.75) is 70.6 Å². The molecule has 1 aliphatic heterocycles. The van der Waals surface area contributed by atoms with Gasteiger partial charge in [0.05, 0.1) is 24.4 Å². The van der Waals surface area contributed by atoms with E-state index in [1.807, 2.05) is 31.0 Å². The van der Waals surface area contributed by atoms with E-state index in [4.69, 9.17) is 9.84 Å². The second kappa shape index (κ2) is 9.61. The zero-order valence-electron chi connectivity index (χ0n) is 19.9. The Labute approximate surface area is 199 Å². The minimum absolute atomic E-state index is 0.0519. The van der Waals surface area contributed by atoms with Gasteiger partial charge in [-0.2, -0.15) is 18.3 Å². The fourth-order valence-corrected chi connectivity index (χ4v) is 4.99. The van der Waals surface area contributed by atoms with E-state index in [1.165, 1.54) is 36.2 Å². The highest BCUT2D eigenvalue weighted by atomic mass is 19.4. The maximum atomic E-state index is 12.9. The summed E-state index contributed by atoms with van der Waals surface area (Å²) in [6, 6.07) is 13.3. The van der Waals surface area contributed by atoms with Crippen molar-refractivity contribution in [3.63, 3.8) is 0 Å². The minimum atomic E-state index is -4.33. The number of aliphatic hydroxyl groups excluding tert-OH is 1. The first-order valence-corrected chi connectivity index (χ1v) is 12.0. The lowest BCUT2D eigenvalue weighted by Crippen LogP contribution is -2.32. The van der Waals surface area contributed by atoms with Crippen LogP contribution >= 0.6 is 0 Å². The van der Waals surface area contributed by atoms with Crippen molar-refractivity contribution < 1.29 is 23.0 Å². The van der Waals surface area contributed by atoms with Gasteiger partial charge < -0.3 is 9.84 Å². The Balaban J connectivity index is 1.40. The molecule has 0 bridgehead atoms. The molecule has 4 nitrogen and oxygen atoms in total. The van der Waals surface area contributed by atoms with Gasteiger partial charge in [0.1, 0.15) is 11.4 Å². The Kier molecular flexibility index (Phi) is 6.94. The van der Waals surface area contributed by atoms with Gasteiger partial charge in [-0.3, -0.25) is 5.01 Å². The van der Waals surface area contributed by atoms with Crippen LogP contribution in [0.4, 0.5) is 18.9 Å². The van der Waals surface area contributed by atoms with Crippen LogP contribution in [0.2, 0.25) is 0 Å². The number of aryl methyl sites for hydroxylation is 1. The van der Waals surface area contributed by atoms with Gasteiger partial charge in [-0.1, -0.05) is 25.0 Å². The Morgan fingerprint density at radius 2 is 1.62 bits per heavy atom. The first-order valence-electron chi connectivity index (χ1n) is 12.0. The van der Waals surface area contributed by atoms with Crippen LogP contribution in [0.25, 0.3) is 0 Å². The summed E-state index contributed by atoms with van der Waals surface area (Å²) >= 11 is 0. The van der Waals surface area contributed by atoms with Crippen molar-refractivity contribution in [1.29, 1.82) is 0 Å². The van der Waals surface area contributed by atoms with Gasteiger partial charge in [-0.15, -0.1) is 0 Å². The van der Waals surface area contributed by atoms with Crippen molar-refractivity contribution in [2.75, 3.05) is 18.2 Å². The molecule has 0 amide bonds. The zero-order chi connectivity index (χ0) is 24.4. The van der Waals surface area contributed by atoms with Crippen LogP contribution in [0.15, 0.2) is 53.6 Å². The van der Waals surface area contributed by atoms with Crippen LogP contribution in [-0.2, 0) is 12.6 Å². The van der Waals surface area contributed by atoms with E-state index >= 15 is 0 Å². The molecule has 1 fully saturated rings. The largest absolute Gasteiger partial charge is 0.485 e. The van der Waals surface area contributed by atoms with Gasteiger partial charge in [0, 0.05) is 11.1 Å². The first kappa shape index (κ1) is 24.6. The Hall–Kier alpha value is -2.54. The molecule has 0 aromatic heterocycles. The highest BCUT2D eigenvalue weighted by Crippen LogP contribution is 2.46. The molecule has 0 unspecified atom stereocenters. The van der Waals surface area contributed by atoms with E-state index in [1.54, 1.807) is 0 Å². The third-order valence-corrected chi connectivity index (χ3v) is 6.94. The third-order valence-electron chi connectivity index (χ3n) is 6.94. The number of ether oxygens (including phenoxy) is 1. The normalized spacial score (nSPS) is 17.9. The Bertz CT molecular complexity index is 992. The summed E-state index contributed by atoms with van der Waals surface area (Å²) in [5.41, 5.74) is 1.93. The van der Waals surface area contributed by atoms with E-state index in [0.717, 1.165) is 62.2 Å². The summed E-state index contributed by atoms with van der Waals surface area (Å²) in [5, 5.41) is 16.2. The SMILES string of the molecule is CC(C)(CO)Oc1ccc(CCCC2=NN(c3ccc(C(F)(F)F)cc3)CC23CCCC3)cc1. The highest BCUT2D eigenvalue weighted by Gasteiger charge is 2.44. The molecule has 1 spiro atoms. The highest BCUT2D eigenvalue weighted by molar-refractivity contribution is 5.94. The molecule has 2 aromatic rings. The molecule has 4 rings (SSSR count). The predicted molar refractivity (Wildman–Crippen MR) is 128 cm³/mol. The van der Waals surface area contributed by atoms with Gasteiger partial charge >= 0.3 is 6.18 Å². The maximum absolute atomic E-state index is 12.9. The van der Waals surface area contributed by atoms with Gasteiger partial charge in [-0.05, 0) is 87.9 Å². The average molecular weight is 475 g/mol. The van der Waals surface area contributed by atoms with Crippen LogP contribution in [0.1, 0.15) is 63.5 Å². The molecule has 0 radical (unpaired) electrons. The van der Waals surface area contributed by atoms with Gasteiger partial charge in [0.25, 0.3) is 0 Å². The van der Waals surface area contributed by atoms with Crippen molar-refractivity contribution in [3.05, 3.63) is 59.7 Å². The number of alkyl halides is 3. The monoisotopic (exact) mass is 474 g/mol. The quantitative estimate of drug-likeness (QED) is 0.468. The molecule has 1 heterocycles. The van der Waals surface area contributed by atoms with Crippen molar-refractivity contribution in [1.82, 2.24) is 0 Å². The van der Waals surface area contributed by atoms with Crippen LogP contribution in [-0.4, -0.2) is 29.6 Å². The van der Waals surface area contributed by atoms with E-state index in [9.17, 15) is 18.3 Å². The van der Waals surface area contributed by atoms with E-state index in [0.29, 0.717) is 0 Å². The third kappa shape index (κ3) is 5.57. The smallest absolute Gasteiger partial charge is 0.416 e. The van der Waals surface area contributed by atoms with Gasteiger partial charge in [0.2, 0.25) is 0 Å². The molecule has 7 heteroatoms. The summed E-state index contributed by atoms with van der Waals surface area (Å²) in [6.07, 6.45) is 2.96. The molecule has 0 saturated heterocycles. The number of hydrogen-bond donors (Lipinski definition) is 1. The lowest BCUT2D eigenvalue weighted by atomic mass is 9.79. The lowest BCUT2D eigenvalue weighted by Gasteiger charge is -2.26. The van der Waals surface area contributed by atoms with Crippen molar-refractivity contribution >= 4 is 11.4 Å². The number of rotatable bonds is 8.